The molecule has 1 aliphatic heterocycles. The molecule has 0 saturated carbocycles. The molecule has 0 bridgehead atoms. The Morgan fingerprint density at radius 1 is 1.00 bits per heavy atom. The van der Waals surface area contributed by atoms with E-state index in [4.69, 9.17) is 15.8 Å². The highest BCUT2D eigenvalue weighted by atomic mass is 15.4. The predicted octanol–water partition coefficient (Wildman–Crippen LogP) is 4.24. The third kappa shape index (κ3) is 4.53. The summed E-state index contributed by atoms with van der Waals surface area (Å²) in [6.45, 7) is 13.1. The van der Waals surface area contributed by atoms with Gasteiger partial charge in [-0.1, -0.05) is 18.2 Å². The average molecular weight is 485 g/mol. The Balaban J connectivity index is 1.56. The van der Waals surface area contributed by atoms with Crippen LogP contribution in [0.3, 0.4) is 0 Å². The zero-order valence-corrected chi connectivity index (χ0v) is 21.9. The fourth-order valence-corrected chi connectivity index (χ4v) is 5.50. The number of nitrogens with zero attached hydrogens (tertiary/aromatic N) is 7. The molecule has 1 saturated heterocycles. The molecule has 3 aromatic heterocycles. The summed E-state index contributed by atoms with van der Waals surface area (Å²) in [5.41, 5.74) is 14.1. The van der Waals surface area contributed by atoms with Crippen LogP contribution in [0.5, 0.6) is 0 Å². The minimum Gasteiger partial charge on any atom is -0.352 e. The van der Waals surface area contributed by atoms with E-state index in [9.17, 15) is 0 Å². The number of rotatable bonds is 6. The second kappa shape index (κ2) is 9.85. The van der Waals surface area contributed by atoms with E-state index in [0.717, 1.165) is 66.8 Å². The van der Waals surface area contributed by atoms with E-state index in [1.807, 2.05) is 10.6 Å². The fraction of sp³-hybridized carbons (Fsp3) is 0.429. The van der Waals surface area contributed by atoms with E-state index >= 15 is 0 Å². The van der Waals surface area contributed by atoms with Gasteiger partial charge in [0.1, 0.15) is 5.82 Å². The maximum absolute atomic E-state index is 6.39. The van der Waals surface area contributed by atoms with Gasteiger partial charge in [-0.2, -0.15) is 9.61 Å². The van der Waals surface area contributed by atoms with Crippen LogP contribution in [0.25, 0.3) is 16.8 Å². The molecule has 36 heavy (non-hydrogen) atoms. The summed E-state index contributed by atoms with van der Waals surface area (Å²) in [6.07, 6.45) is 5.61. The molecule has 1 aromatic carbocycles. The maximum atomic E-state index is 6.39. The summed E-state index contributed by atoms with van der Waals surface area (Å²) >= 11 is 0. The standard InChI is InChI=1S/C28H36N8/c1-18-8-6-9-19(2)25(18)26-22(5)33-36-24(16-21(4)32-27(26)36)35(17-20(3)29)23-10-14-34(15-11-23)28-30-12-7-13-31-28/h6-9,12-13,16,20,23H,10-11,14-15,17,29H2,1-5H3. The van der Waals surface area contributed by atoms with Gasteiger partial charge in [-0.25, -0.2) is 15.0 Å². The van der Waals surface area contributed by atoms with Crippen LogP contribution < -0.4 is 15.5 Å². The van der Waals surface area contributed by atoms with Crippen LogP contribution in [0.4, 0.5) is 11.8 Å². The quantitative estimate of drug-likeness (QED) is 0.438. The van der Waals surface area contributed by atoms with E-state index in [-0.39, 0.29) is 6.04 Å². The molecule has 5 rings (SSSR count). The van der Waals surface area contributed by atoms with Crippen LogP contribution in [-0.4, -0.2) is 56.3 Å². The first-order valence-electron chi connectivity index (χ1n) is 12.8. The first-order valence-corrected chi connectivity index (χ1v) is 12.8. The maximum Gasteiger partial charge on any atom is 0.225 e. The zero-order chi connectivity index (χ0) is 25.4. The van der Waals surface area contributed by atoms with Crippen molar-refractivity contribution in [1.82, 2.24) is 24.6 Å². The molecule has 2 N–H and O–H groups in total. The van der Waals surface area contributed by atoms with Crippen molar-refractivity contribution in [3.63, 3.8) is 0 Å². The SMILES string of the molecule is Cc1cc(N(CC(C)N)C2CCN(c3ncccn3)CC2)n2nc(C)c(-c3c(C)cccc3C)c2n1. The number of aryl methyl sites for hydroxylation is 4. The molecule has 1 unspecified atom stereocenters. The highest BCUT2D eigenvalue weighted by Crippen LogP contribution is 2.35. The Bertz CT molecular complexity index is 1330. The summed E-state index contributed by atoms with van der Waals surface area (Å²) in [5, 5.41) is 5.04. The van der Waals surface area contributed by atoms with Crippen LogP contribution >= 0.6 is 0 Å². The van der Waals surface area contributed by atoms with Crippen molar-refractivity contribution < 1.29 is 0 Å². The number of benzene rings is 1. The molecular weight excluding hydrogens is 448 g/mol. The molecule has 0 aliphatic carbocycles. The minimum atomic E-state index is 0.0266. The third-order valence-corrected chi connectivity index (χ3v) is 7.12. The first-order chi connectivity index (χ1) is 17.3. The van der Waals surface area contributed by atoms with Gasteiger partial charge < -0.3 is 15.5 Å². The lowest BCUT2D eigenvalue weighted by atomic mass is 9.96. The molecule has 1 atom stereocenters. The zero-order valence-electron chi connectivity index (χ0n) is 21.9. The lowest BCUT2D eigenvalue weighted by molar-refractivity contribution is 0.446. The van der Waals surface area contributed by atoms with Crippen LogP contribution in [0.15, 0.2) is 42.7 Å². The number of fused-ring (bicyclic) bond motifs is 1. The number of nitrogens with two attached hydrogens (primary N) is 1. The van der Waals surface area contributed by atoms with E-state index in [1.54, 1.807) is 12.4 Å². The Kier molecular flexibility index (Phi) is 6.62. The molecule has 0 amide bonds. The third-order valence-electron chi connectivity index (χ3n) is 7.12. The number of aromatic nitrogens is 5. The van der Waals surface area contributed by atoms with Gasteiger partial charge in [0.2, 0.25) is 5.95 Å². The van der Waals surface area contributed by atoms with Crippen LogP contribution in [0.1, 0.15) is 42.3 Å². The number of piperidine rings is 1. The first kappa shape index (κ1) is 24.2. The monoisotopic (exact) mass is 484 g/mol. The molecule has 1 fully saturated rings. The van der Waals surface area contributed by atoms with Crippen molar-refractivity contribution in [2.45, 2.75) is 59.5 Å². The molecule has 0 radical (unpaired) electrons. The van der Waals surface area contributed by atoms with Gasteiger partial charge in [0.25, 0.3) is 0 Å². The van der Waals surface area contributed by atoms with Crippen molar-refractivity contribution in [2.75, 3.05) is 29.4 Å². The van der Waals surface area contributed by atoms with Gasteiger partial charge in [-0.3, -0.25) is 0 Å². The normalized spacial score (nSPS) is 15.4. The Labute approximate surface area is 213 Å². The van der Waals surface area contributed by atoms with Crippen molar-refractivity contribution in [2.24, 2.45) is 5.73 Å². The average Bonchev–Trinajstić information content (AvgIpc) is 3.18. The number of hydrogen-bond donors (Lipinski definition) is 1. The Morgan fingerprint density at radius 2 is 1.67 bits per heavy atom. The molecule has 4 aromatic rings. The van der Waals surface area contributed by atoms with E-state index in [1.165, 1.54) is 16.7 Å². The topological polar surface area (TPSA) is 88.5 Å². The van der Waals surface area contributed by atoms with Crippen LogP contribution in [0.2, 0.25) is 0 Å². The predicted molar refractivity (Wildman–Crippen MR) is 146 cm³/mol. The van der Waals surface area contributed by atoms with Crippen molar-refractivity contribution in [1.29, 1.82) is 0 Å². The van der Waals surface area contributed by atoms with Gasteiger partial charge in [-0.05, 0) is 70.2 Å². The second-order valence-corrected chi connectivity index (χ2v) is 10.1. The number of anilines is 2. The van der Waals surface area contributed by atoms with E-state index in [2.05, 4.69) is 78.7 Å². The summed E-state index contributed by atoms with van der Waals surface area (Å²) in [5.74, 6) is 1.86. The molecular formula is C28H36N8. The van der Waals surface area contributed by atoms with Crippen LogP contribution in [0, 0.1) is 27.7 Å². The van der Waals surface area contributed by atoms with Crippen molar-refractivity contribution in [3.05, 3.63) is 65.2 Å². The van der Waals surface area contributed by atoms with Gasteiger partial charge in [0.05, 0.1) is 11.3 Å². The Hall–Kier alpha value is -3.52. The van der Waals surface area contributed by atoms with E-state index in [0.29, 0.717) is 6.04 Å². The van der Waals surface area contributed by atoms with Crippen molar-refractivity contribution in [3.8, 4) is 11.1 Å². The smallest absolute Gasteiger partial charge is 0.225 e. The van der Waals surface area contributed by atoms with Gasteiger partial charge in [-0.15, -0.1) is 0 Å². The lowest BCUT2D eigenvalue weighted by Crippen LogP contribution is -2.49. The second-order valence-electron chi connectivity index (χ2n) is 10.1. The van der Waals surface area contributed by atoms with E-state index < -0.39 is 0 Å². The summed E-state index contributed by atoms with van der Waals surface area (Å²) in [7, 11) is 0. The minimum absolute atomic E-state index is 0.0266. The highest BCUT2D eigenvalue weighted by molar-refractivity contribution is 5.84. The molecule has 8 nitrogen and oxygen atoms in total. The lowest BCUT2D eigenvalue weighted by Gasteiger charge is -2.40. The summed E-state index contributed by atoms with van der Waals surface area (Å²) < 4.78 is 2.04. The largest absolute Gasteiger partial charge is 0.352 e. The van der Waals surface area contributed by atoms with Gasteiger partial charge in [0.15, 0.2) is 5.65 Å². The highest BCUT2D eigenvalue weighted by Gasteiger charge is 2.29. The Morgan fingerprint density at radius 3 is 2.31 bits per heavy atom. The van der Waals surface area contributed by atoms with Crippen molar-refractivity contribution >= 4 is 17.4 Å². The molecule has 1 aliphatic rings. The van der Waals surface area contributed by atoms with Gasteiger partial charge in [0, 0.05) is 55.9 Å². The fourth-order valence-electron chi connectivity index (χ4n) is 5.50. The molecule has 8 heteroatoms. The molecule has 0 spiro atoms. The summed E-state index contributed by atoms with van der Waals surface area (Å²) in [4.78, 5) is 18.6. The molecule has 4 heterocycles. The number of hydrogen-bond acceptors (Lipinski definition) is 7. The molecule has 188 valence electrons. The van der Waals surface area contributed by atoms with Gasteiger partial charge >= 0.3 is 0 Å². The van der Waals surface area contributed by atoms with Crippen LogP contribution in [-0.2, 0) is 0 Å². The summed E-state index contributed by atoms with van der Waals surface area (Å²) in [6, 6.07) is 10.8.